The Morgan fingerprint density at radius 3 is 1.61 bits per heavy atom. The maximum Gasteiger partial charge on any atom is 0.247 e. The average Bonchev–Trinajstić information content (AvgIpc) is 3.53. The van der Waals surface area contributed by atoms with Gasteiger partial charge in [0.2, 0.25) is 6.71 Å². The van der Waals surface area contributed by atoms with E-state index in [-0.39, 0.29) is 23.5 Å². The lowest BCUT2D eigenvalue weighted by Gasteiger charge is -2.48. The molecule has 0 fully saturated rings. The number of fused-ring (bicyclic) bond motifs is 8. The van der Waals surface area contributed by atoms with Crippen LogP contribution < -0.4 is 25.6 Å². The van der Waals surface area contributed by atoms with Crippen LogP contribution in [0.2, 0.25) is 0 Å². The minimum absolute atomic E-state index is 0.0146. The molecule has 1 aromatic heterocycles. The zero-order valence-corrected chi connectivity index (χ0v) is 42.1. The van der Waals surface area contributed by atoms with Crippen molar-refractivity contribution in [3.05, 3.63) is 246 Å². The summed E-state index contributed by atoms with van der Waals surface area (Å²) in [5, 5.41) is 2.50. The van der Waals surface area contributed by atoms with Gasteiger partial charge < -0.3 is 19.3 Å². The molecule has 3 heterocycles. The largest absolute Gasteiger partial charge is 0.315 e. The van der Waals surface area contributed by atoms with Crippen molar-refractivity contribution in [2.75, 3.05) is 14.7 Å². The second-order valence-corrected chi connectivity index (χ2v) is 22.1. The van der Waals surface area contributed by atoms with Gasteiger partial charge in [-0.1, -0.05) is 181 Å². The SMILES string of the molecule is CC(C)(C)c1ccc(N(c2ccc(C(C)(C)C)cc2)c2ccc3c(c2)N(c2ccccc2)c2cc(-n4c5ccccc5c5ccccc54)cc4c2B3C2=C(C3CC=CC=CC3=CC2)N4c2ccccc2)cc1. The highest BCUT2D eigenvalue weighted by atomic mass is 15.2. The molecule has 2 aliphatic carbocycles. The zero-order chi connectivity index (χ0) is 48.9. The molecule has 0 N–H and O–H groups in total. The Balaban J connectivity index is 1.12. The van der Waals surface area contributed by atoms with E-state index >= 15 is 0 Å². The number of allylic oxidation sites excluding steroid dienone is 7. The number of para-hydroxylation sites is 4. The van der Waals surface area contributed by atoms with E-state index in [1.54, 1.807) is 0 Å². The minimum atomic E-state index is 0.0146. The van der Waals surface area contributed by atoms with E-state index in [9.17, 15) is 0 Å². The number of rotatable bonds is 6. The van der Waals surface area contributed by atoms with Gasteiger partial charge in [-0.3, -0.25) is 0 Å². The second-order valence-electron chi connectivity index (χ2n) is 22.1. The first-order valence-corrected chi connectivity index (χ1v) is 25.8. The summed E-state index contributed by atoms with van der Waals surface area (Å²) in [4.78, 5) is 7.69. The van der Waals surface area contributed by atoms with Gasteiger partial charge in [-0.05, 0) is 136 Å². The molecule has 8 aromatic carbocycles. The van der Waals surface area contributed by atoms with Gasteiger partial charge in [-0.15, -0.1) is 0 Å². The average molecular weight is 931 g/mol. The van der Waals surface area contributed by atoms with Gasteiger partial charge >= 0.3 is 0 Å². The molecule has 13 rings (SSSR count). The van der Waals surface area contributed by atoms with Crippen molar-refractivity contribution in [1.29, 1.82) is 0 Å². The predicted molar refractivity (Wildman–Crippen MR) is 307 cm³/mol. The summed E-state index contributed by atoms with van der Waals surface area (Å²) in [6.45, 7) is 13.8. The molecule has 1 unspecified atom stereocenters. The van der Waals surface area contributed by atoms with Crippen LogP contribution in [0.4, 0.5) is 45.5 Å². The predicted octanol–water partition coefficient (Wildman–Crippen LogP) is 16.6. The maximum absolute atomic E-state index is 2.65. The van der Waals surface area contributed by atoms with Gasteiger partial charge in [0.05, 0.1) is 16.7 Å². The first kappa shape index (κ1) is 44.0. The summed E-state index contributed by atoms with van der Waals surface area (Å²) in [6.07, 6.45) is 13.5. The van der Waals surface area contributed by atoms with Crippen molar-refractivity contribution >= 4 is 84.9 Å². The number of hydrogen-bond donors (Lipinski definition) is 0. The van der Waals surface area contributed by atoms with Crippen LogP contribution in [-0.4, -0.2) is 11.3 Å². The highest BCUT2D eigenvalue weighted by molar-refractivity contribution is 6.95. The second kappa shape index (κ2) is 16.8. The van der Waals surface area contributed by atoms with Crippen molar-refractivity contribution in [2.45, 2.75) is 65.2 Å². The first-order chi connectivity index (χ1) is 35.0. The van der Waals surface area contributed by atoms with Crippen molar-refractivity contribution < 1.29 is 0 Å². The van der Waals surface area contributed by atoms with Crippen LogP contribution in [-0.2, 0) is 10.8 Å². The van der Waals surface area contributed by atoms with Gasteiger partial charge in [0.1, 0.15) is 0 Å². The van der Waals surface area contributed by atoms with Gasteiger partial charge in [-0.25, -0.2) is 0 Å². The Kier molecular flexibility index (Phi) is 10.3. The summed E-state index contributed by atoms with van der Waals surface area (Å²) >= 11 is 0. The van der Waals surface area contributed by atoms with Crippen LogP contribution >= 0.6 is 0 Å². The lowest BCUT2D eigenvalue weighted by atomic mass is 9.31. The summed E-state index contributed by atoms with van der Waals surface area (Å²) in [5.41, 5.74) is 22.5. The van der Waals surface area contributed by atoms with Crippen LogP contribution in [0.25, 0.3) is 27.5 Å². The fourth-order valence-electron chi connectivity index (χ4n) is 12.2. The van der Waals surface area contributed by atoms with Crippen molar-refractivity contribution in [3.63, 3.8) is 0 Å². The van der Waals surface area contributed by atoms with Gasteiger partial charge in [0.15, 0.2) is 0 Å². The smallest absolute Gasteiger partial charge is 0.247 e. The molecule has 9 aromatic rings. The van der Waals surface area contributed by atoms with Crippen LogP contribution in [0, 0.1) is 5.92 Å². The molecule has 72 heavy (non-hydrogen) atoms. The molecule has 0 spiro atoms. The van der Waals surface area contributed by atoms with Gasteiger partial charge in [0, 0.05) is 67.9 Å². The van der Waals surface area contributed by atoms with Crippen molar-refractivity contribution in [2.24, 2.45) is 5.92 Å². The molecule has 0 saturated carbocycles. The number of aromatic nitrogens is 1. The van der Waals surface area contributed by atoms with Gasteiger partial charge in [0.25, 0.3) is 0 Å². The lowest BCUT2D eigenvalue weighted by Crippen LogP contribution is -2.57. The maximum atomic E-state index is 2.65. The molecule has 4 nitrogen and oxygen atoms in total. The van der Waals surface area contributed by atoms with E-state index in [0.29, 0.717) is 0 Å². The van der Waals surface area contributed by atoms with Crippen molar-refractivity contribution in [3.8, 4) is 5.69 Å². The fraction of sp³-hybridized carbons (Fsp3) is 0.164. The lowest BCUT2D eigenvalue weighted by molar-refractivity contribution is 0.590. The summed E-state index contributed by atoms with van der Waals surface area (Å²) < 4.78 is 2.51. The molecular weight excluding hydrogens is 872 g/mol. The fourth-order valence-corrected chi connectivity index (χ4v) is 12.2. The first-order valence-electron chi connectivity index (χ1n) is 25.8. The molecule has 1 atom stereocenters. The molecule has 4 aliphatic rings. The highest BCUT2D eigenvalue weighted by Crippen LogP contribution is 2.52. The van der Waals surface area contributed by atoms with Crippen LogP contribution in [0.3, 0.4) is 0 Å². The third-order valence-electron chi connectivity index (χ3n) is 15.7. The molecule has 0 saturated heterocycles. The summed E-state index contributed by atoms with van der Waals surface area (Å²) in [5.74, 6) is 0.190. The van der Waals surface area contributed by atoms with E-state index in [2.05, 4.69) is 279 Å². The normalized spacial score (nSPS) is 16.1. The number of nitrogens with zero attached hydrogens (tertiary/aromatic N) is 4. The third kappa shape index (κ3) is 7.12. The number of anilines is 8. The minimum Gasteiger partial charge on any atom is -0.315 e. The van der Waals surface area contributed by atoms with E-state index in [1.807, 2.05) is 0 Å². The topological polar surface area (TPSA) is 14.7 Å². The Hall–Kier alpha value is -8.02. The quantitative estimate of drug-likeness (QED) is 0.154. The number of benzene rings is 8. The third-order valence-corrected chi connectivity index (χ3v) is 15.7. The highest BCUT2D eigenvalue weighted by Gasteiger charge is 2.47. The standard InChI is InChI=1S/C67H59BN4/c1-66(2,3)46-31-35-50(36-32-46)69(51-37-33-47(34-38-51)67(4,5)6)52-39-41-57-61(42-52)70(48-21-11-8-12-22-48)62-43-53(71-59-28-18-16-26-55(59)56-27-17-19-29-60(56)71)44-63-64(62)68(57)58-40-30-45-20-10-7-15-25-54(45)65(58)72(63)49-23-13-9-14-24-49/h7-24,26-39,41-44,54H,25,40H2,1-6H3. The van der Waals surface area contributed by atoms with E-state index in [4.69, 9.17) is 0 Å². The monoisotopic (exact) mass is 930 g/mol. The Morgan fingerprint density at radius 1 is 0.500 bits per heavy atom. The molecule has 5 heteroatoms. The zero-order valence-electron chi connectivity index (χ0n) is 42.1. The molecule has 2 aliphatic heterocycles. The van der Waals surface area contributed by atoms with Crippen LogP contribution in [0.15, 0.2) is 235 Å². The van der Waals surface area contributed by atoms with E-state index in [1.165, 1.54) is 83.4 Å². The van der Waals surface area contributed by atoms with E-state index in [0.717, 1.165) is 41.3 Å². The Morgan fingerprint density at radius 2 is 1.03 bits per heavy atom. The van der Waals surface area contributed by atoms with Crippen LogP contribution in [0.1, 0.15) is 65.5 Å². The van der Waals surface area contributed by atoms with Crippen LogP contribution in [0.5, 0.6) is 0 Å². The molecular formula is C67H59BN4. The molecule has 0 bridgehead atoms. The Labute approximate surface area is 425 Å². The molecule has 0 radical (unpaired) electrons. The van der Waals surface area contributed by atoms with E-state index < -0.39 is 0 Å². The number of hydrogen-bond acceptors (Lipinski definition) is 3. The molecule has 0 amide bonds. The molecule has 350 valence electrons. The van der Waals surface area contributed by atoms with Gasteiger partial charge in [-0.2, -0.15) is 0 Å². The Bertz CT molecular complexity index is 3600. The van der Waals surface area contributed by atoms with Crippen molar-refractivity contribution in [1.82, 2.24) is 4.57 Å². The summed E-state index contributed by atoms with van der Waals surface area (Å²) in [7, 11) is 0. The summed E-state index contributed by atoms with van der Waals surface area (Å²) in [6, 6.07) is 70.9.